The Morgan fingerprint density at radius 2 is 2.05 bits per heavy atom. The number of likely N-dealkylation sites (N-methyl/N-ethyl adjacent to an activating group) is 1. The fourth-order valence-electron chi connectivity index (χ4n) is 2.96. The number of quaternary nitrogens is 1. The van der Waals surface area contributed by atoms with Gasteiger partial charge in [0.1, 0.15) is 24.7 Å². The molecule has 1 fully saturated rings. The Kier molecular flexibility index (Phi) is 3.52. The van der Waals surface area contributed by atoms with Gasteiger partial charge in [0.25, 0.3) is 0 Å². The summed E-state index contributed by atoms with van der Waals surface area (Å²) in [5.74, 6) is 0.851. The Balaban J connectivity index is 1.58. The maximum Gasteiger partial charge on any atom is 0.163 e. The van der Waals surface area contributed by atoms with Crippen molar-refractivity contribution in [3.63, 3.8) is 0 Å². The van der Waals surface area contributed by atoms with E-state index in [1.807, 2.05) is 0 Å². The topological polar surface area (TPSA) is 47.0 Å². The number of ether oxygens (including phenoxy) is 1. The Bertz CT molecular complexity index is 700. The smallest absolute Gasteiger partial charge is 0.163 e. The molecule has 0 amide bonds. The fraction of sp³-hybridized carbons (Fsp3) is 0.375. The van der Waals surface area contributed by atoms with Crippen molar-refractivity contribution in [1.29, 1.82) is 0 Å². The molecule has 2 aliphatic heterocycles. The van der Waals surface area contributed by atoms with Gasteiger partial charge in [-0.3, -0.25) is 0 Å². The second-order valence-corrected chi connectivity index (χ2v) is 7.14. The highest BCUT2D eigenvalue weighted by Crippen LogP contribution is 2.42. The van der Waals surface area contributed by atoms with Gasteiger partial charge in [-0.25, -0.2) is 9.97 Å². The monoisotopic (exact) mass is 315 g/mol. The van der Waals surface area contributed by atoms with Crippen LogP contribution in [0.2, 0.25) is 0 Å². The van der Waals surface area contributed by atoms with Gasteiger partial charge in [-0.1, -0.05) is 17.8 Å². The number of anilines is 2. The van der Waals surface area contributed by atoms with E-state index in [2.05, 4.69) is 40.5 Å². The van der Waals surface area contributed by atoms with Crippen LogP contribution in [0.5, 0.6) is 0 Å². The van der Waals surface area contributed by atoms with Crippen molar-refractivity contribution < 1.29 is 9.22 Å². The molecule has 0 aliphatic carbocycles. The maximum atomic E-state index is 5.49. The van der Waals surface area contributed by atoms with Crippen molar-refractivity contribution in [2.45, 2.75) is 16.5 Å². The zero-order valence-electron chi connectivity index (χ0n) is 12.6. The standard InChI is InChI=1S/C16H19N4OS/c1-20(6-8-21-9-7-20)11-12-2-3-14-13(10-12)19-15-16(22-14)18-5-4-17-15/h2-5,10H,6-9,11H2,1H3,(H,17,19)/q+1. The first-order valence-electron chi connectivity index (χ1n) is 7.52. The number of benzene rings is 1. The summed E-state index contributed by atoms with van der Waals surface area (Å²) in [7, 11) is 2.31. The molecule has 0 atom stereocenters. The highest BCUT2D eigenvalue weighted by molar-refractivity contribution is 7.99. The lowest BCUT2D eigenvalue weighted by Gasteiger charge is -2.37. The number of rotatable bonds is 2. The van der Waals surface area contributed by atoms with Crippen LogP contribution in [-0.4, -0.2) is 47.8 Å². The predicted molar refractivity (Wildman–Crippen MR) is 86.3 cm³/mol. The Labute approximate surface area is 134 Å². The summed E-state index contributed by atoms with van der Waals surface area (Å²) in [4.78, 5) is 9.94. The van der Waals surface area contributed by atoms with Crippen molar-refractivity contribution in [3.8, 4) is 0 Å². The van der Waals surface area contributed by atoms with Gasteiger partial charge in [-0.2, -0.15) is 0 Å². The number of hydrogen-bond donors (Lipinski definition) is 1. The van der Waals surface area contributed by atoms with E-state index in [0.717, 1.165) is 53.9 Å². The number of nitrogens with one attached hydrogen (secondary N) is 1. The third kappa shape index (κ3) is 2.69. The predicted octanol–water partition coefficient (Wildman–Crippen LogP) is 2.66. The summed E-state index contributed by atoms with van der Waals surface area (Å²) in [6.45, 7) is 4.91. The van der Waals surface area contributed by atoms with Gasteiger partial charge in [-0.15, -0.1) is 0 Å². The van der Waals surface area contributed by atoms with Crippen LogP contribution < -0.4 is 5.32 Å². The molecule has 3 heterocycles. The molecule has 0 spiro atoms. The van der Waals surface area contributed by atoms with Crippen LogP contribution in [0, 0.1) is 0 Å². The van der Waals surface area contributed by atoms with E-state index in [-0.39, 0.29) is 0 Å². The van der Waals surface area contributed by atoms with Crippen LogP contribution in [0.3, 0.4) is 0 Å². The summed E-state index contributed by atoms with van der Waals surface area (Å²) in [5, 5.41) is 4.34. The number of aromatic nitrogens is 2. The molecule has 5 nitrogen and oxygen atoms in total. The molecule has 0 unspecified atom stereocenters. The minimum atomic E-state index is 0.851. The van der Waals surface area contributed by atoms with Gasteiger partial charge in [-0.05, 0) is 12.1 Å². The van der Waals surface area contributed by atoms with Crippen LogP contribution in [0.4, 0.5) is 11.5 Å². The largest absolute Gasteiger partial charge is 0.370 e. The molecule has 1 aromatic carbocycles. The first-order valence-corrected chi connectivity index (χ1v) is 8.34. The molecule has 2 aromatic rings. The molecule has 1 aromatic heterocycles. The number of fused-ring (bicyclic) bond motifs is 2. The van der Waals surface area contributed by atoms with Crippen molar-refractivity contribution in [1.82, 2.24) is 9.97 Å². The van der Waals surface area contributed by atoms with E-state index < -0.39 is 0 Å². The van der Waals surface area contributed by atoms with Gasteiger partial charge in [0.05, 0.1) is 25.9 Å². The van der Waals surface area contributed by atoms with E-state index in [1.165, 1.54) is 10.5 Å². The fourth-order valence-corrected chi connectivity index (χ4v) is 3.84. The molecule has 0 radical (unpaired) electrons. The average Bonchev–Trinajstić information content (AvgIpc) is 2.53. The third-order valence-electron chi connectivity index (χ3n) is 4.28. The lowest BCUT2D eigenvalue weighted by atomic mass is 10.1. The lowest BCUT2D eigenvalue weighted by molar-refractivity contribution is -0.929. The molecule has 1 saturated heterocycles. The van der Waals surface area contributed by atoms with E-state index >= 15 is 0 Å². The van der Waals surface area contributed by atoms with Crippen LogP contribution in [-0.2, 0) is 11.3 Å². The van der Waals surface area contributed by atoms with Crippen LogP contribution >= 0.6 is 11.8 Å². The van der Waals surface area contributed by atoms with Crippen molar-refractivity contribution in [3.05, 3.63) is 36.2 Å². The summed E-state index contributed by atoms with van der Waals surface area (Å²) >= 11 is 1.68. The molecular formula is C16H19N4OS+. The quantitative estimate of drug-likeness (QED) is 0.737. The van der Waals surface area contributed by atoms with Crippen molar-refractivity contribution >= 4 is 23.3 Å². The van der Waals surface area contributed by atoms with Gasteiger partial charge in [0, 0.05) is 22.9 Å². The van der Waals surface area contributed by atoms with Crippen molar-refractivity contribution in [2.75, 3.05) is 38.7 Å². The second-order valence-electron chi connectivity index (χ2n) is 6.10. The maximum absolute atomic E-state index is 5.49. The van der Waals surface area contributed by atoms with E-state index in [4.69, 9.17) is 4.74 Å². The van der Waals surface area contributed by atoms with Crippen LogP contribution in [0.25, 0.3) is 0 Å². The molecule has 114 valence electrons. The second kappa shape index (κ2) is 5.53. The van der Waals surface area contributed by atoms with Gasteiger partial charge < -0.3 is 14.5 Å². The third-order valence-corrected chi connectivity index (χ3v) is 5.35. The molecule has 0 saturated carbocycles. The summed E-state index contributed by atoms with van der Waals surface area (Å²) < 4.78 is 6.53. The molecule has 4 rings (SSSR count). The SMILES string of the molecule is C[N+]1(Cc2ccc3c(c2)Nc2nccnc2S3)CCOCC1. The van der Waals surface area contributed by atoms with E-state index in [9.17, 15) is 0 Å². The highest BCUT2D eigenvalue weighted by atomic mass is 32.2. The Morgan fingerprint density at radius 1 is 1.23 bits per heavy atom. The zero-order chi connectivity index (χ0) is 15.0. The normalized spacial score (nSPS) is 19.0. The lowest BCUT2D eigenvalue weighted by Crippen LogP contribution is -2.51. The van der Waals surface area contributed by atoms with Crippen LogP contribution in [0.15, 0.2) is 40.5 Å². The molecule has 6 heteroatoms. The molecule has 22 heavy (non-hydrogen) atoms. The van der Waals surface area contributed by atoms with Crippen molar-refractivity contribution in [2.24, 2.45) is 0 Å². The summed E-state index contributed by atoms with van der Waals surface area (Å²) in [5.41, 5.74) is 2.49. The minimum Gasteiger partial charge on any atom is -0.370 e. The first kappa shape index (κ1) is 14.0. The summed E-state index contributed by atoms with van der Waals surface area (Å²) in [6.07, 6.45) is 3.46. The number of morpholine rings is 1. The number of nitrogens with zero attached hydrogens (tertiary/aromatic N) is 3. The highest BCUT2D eigenvalue weighted by Gasteiger charge is 2.26. The Hall–Kier alpha value is -1.63. The minimum absolute atomic E-state index is 0.851. The molecule has 0 bridgehead atoms. The Morgan fingerprint density at radius 3 is 2.91 bits per heavy atom. The van der Waals surface area contributed by atoms with Gasteiger partial charge >= 0.3 is 0 Å². The van der Waals surface area contributed by atoms with Crippen LogP contribution in [0.1, 0.15) is 5.56 Å². The van der Waals surface area contributed by atoms with Gasteiger partial charge in [0.2, 0.25) is 0 Å². The summed E-state index contributed by atoms with van der Waals surface area (Å²) in [6, 6.07) is 6.67. The average molecular weight is 315 g/mol. The zero-order valence-corrected chi connectivity index (χ0v) is 13.4. The molecule has 1 N–H and O–H groups in total. The first-order chi connectivity index (χ1) is 10.7. The van der Waals surface area contributed by atoms with E-state index in [1.54, 1.807) is 24.2 Å². The van der Waals surface area contributed by atoms with E-state index in [0.29, 0.717) is 0 Å². The molecular weight excluding hydrogens is 296 g/mol. The van der Waals surface area contributed by atoms with Gasteiger partial charge in [0.15, 0.2) is 5.82 Å². The molecule has 2 aliphatic rings. The number of hydrogen-bond acceptors (Lipinski definition) is 5.